The SMILES string of the molecule is Cc1ccccc1CC(=O)N1CCN(CC(=O)C(C)(C)C)CC1. The summed E-state index contributed by atoms with van der Waals surface area (Å²) in [6.45, 7) is 11.4. The van der Waals surface area contributed by atoms with Gasteiger partial charge < -0.3 is 4.90 Å². The average Bonchev–Trinajstić information content (AvgIpc) is 2.49. The first kappa shape index (κ1) is 17.7. The molecule has 1 aromatic carbocycles. The molecular weight excluding hydrogens is 288 g/mol. The van der Waals surface area contributed by atoms with E-state index in [1.54, 1.807) is 0 Å². The Morgan fingerprint density at radius 1 is 1.04 bits per heavy atom. The van der Waals surface area contributed by atoms with Gasteiger partial charge in [-0.15, -0.1) is 0 Å². The van der Waals surface area contributed by atoms with Gasteiger partial charge in [0.2, 0.25) is 5.91 Å². The van der Waals surface area contributed by atoms with Crippen LogP contribution >= 0.6 is 0 Å². The van der Waals surface area contributed by atoms with Gasteiger partial charge in [-0.3, -0.25) is 14.5 Å². The van der Waals surface area contributed by atoms with E-state index in [2.05, 4.69) is 4.90 Å². The fraction of sp³-hybridized carbons (Fsp3) is 0.579. The van der Waals surface area contributed by atoms with Gasteiger partial charge in [0.25, 0.3) is 0 Å². The Balaban J connectivity index is 1.83. The van der Waals surface area contributed by atoms with E-state index < -0.39 is 0 Å². The van der Waals surface area contributed by atoms with E-state index in [1.165, 1.54) is 0 Å². The van der Waals surface area contributed by atoms with Crippen LogP contribution < -0.4 is 0 Å². The molecule has 0 aliphatic carbocycles. The van der Waals surface area contributed by atoms with Crippen LogP contribution in [0.15, 0.2) is 24.3 Å². The molecule has 0 N–H and O–H groups in total. The molecular formula is C19H28N2O2. The first-order chi connectivity index (χ1) is 10.8. The summed E-state index contributed by atoms with van der Waals surface area (Å²) < 4.78 is 0. The van der Waals surface area contributed by atoms with Crippen molar-refractivity contribution in [2.24, 2.45) is 5.41 Å². The highest BCUT2D eigenvalue weighted by molar-refractivity contribution is 5.85. The Kier molecular flexibility index (Phi) is 5.58. The van der Waals surface area contributed by atoms with Crippen LogP contribution in [0.25, 0.3) is 0 Å². The van der Waals surface area contributed by atoms with E-state index in [9.17, 15) is 9.59 Å². The Morgan fingerprint density at radius 2 is 1.65 bits per heavy atom. The van der Waals surface area contributed by atoms with Crippen LogP contribution in [0.4, 0.5) is 0 Å². The zero-order valence-corrected chi connectivity index (χ0v) is 14.8. The monoisotopic (exact) mass is 316 g/mol. The molecule has 1 aliphatic heterocycles. The van der Waals surface area contributed by atoms with Gasteiger partial charge in [0.15, 0.2) is 5.78 Å². The third-order valence-corrected chi connectivity index (χ3v) is 4.53. The van der Waals surface area contributed by atoms with Crippen LogP contribution in [0.2, 0.25) is 0 Å². The zero-order valence-electron chi connectivity index (χ0n) is 14.8. The predicted octanol–water partition coefficient (Wildman–Crippen LogP) is 2.30. The van der Waals surface area contributed by atoms with Gasteiger partial charge in [0.1, 0.15) is 0 Å². The van der Waals surface area contributed by atoms with Gasteiger partial charge in [0.05, 0.1) is 13.0 Å². The molecule has 1 amide bonds. The van der Waals surface area contributed by atoms with Gasteiger partial charge in [-0.25, -0.2) is 0 Å². The van der Waals surface area contributed by atoms with Crippen LogP contribution in [-0.2, 0) is 16.0 Å². The first-order valence-electron chi connectivity index (χ1n) is 8.35. The van der Waals surface area contributed by atoms with Crippen molar-refractivity contribution in [3.8, 4) is 0 Å². The Bertz CT molecular complexity index is 567. The van der Waals surface area contributed by atoms with Crippen molar-refractivity contribution in [2.45, 2.75) is 34.1 Å². The van der Waals surface area contributed by atoms with E-state index in [1.807, 2.05) is 56.9 Å². The molecule has 0 spiro atoms. The largest absolute Gasteiger partial charge is 0.340 e. The second-order valence-electron chi connectivity index (χ2n) is 7.43. The van der Waals surface area contributed by atoms with E-state index in [0.29, 0.717) is 26.1 Å². The summed E-state index contributed by atoms with van der Waals surface area (Å²) in [4.78, 5) is 28.6. The quantitative estimate of drug-likeness (QED) is 0.856. The lowest BCUT2D eigenvalue weighted by molar-refractivity contribution is -0.133. The summed E-state index contributed by atoms with van der Waals surface area (Å²) in [6.07, 6.45) is 0.466. The third kappa shape index (κ3) is 4.90. The Hall–Kier alpha value is -1.68. The van der Waals surface area contributed by atoms with Gasteiger partial charge in [-0.05, 0) is 18.1 Å². The van der Waals surface area contributed by atoms with Crippen LogP contribution in [0.1, 0.15) is 31.9 Å². The fourth-order valence-electron chi connectivity index (χ4n) is 2.68. The van der Waals surface area contributed by atoms with E-state index in [-0.39, 0.29) is 17.1 Å². The van der Waals surface area contributed by atoms with Crippen LogP contribution in [0, 0.1) is 12.3 Å². The molecule has 1 fully saturated rings. The van der Waals surface area contributed by atoms with Crippen molar-refractivity contribution in [3.63, 3.8) is 0 Å². The maximum Gasteiger partial charge on any atom is 0.227 e. The summed E-state index contributed by atoms with van der Waals surface area (Å²) in [5.74, 6) is 0.443. The molecule has 0 saturated carbocycles. The lowest BCUT2D eigenvalue weighted by atomic mass is 9.90. The number of Topliss-reactive ketones (excluding diaryl/α,β-unsaturated/α-hetero) is 1. The molecule has 23 heavy (non-hydrogen) atoms. The van der Waals surface area contributed by atoms with Crippen molar-refractivity contribution in [2.75, 3.05) is 32.7 Å². The lowest BCUT2D eigenvalue weighted by Crippen LogP contribution is -2.51. The molecule has 0 bridgehead atoms. The molecule has 0 radical (unpaired) electrons. The molecule has 0 atom stereocenters. The van der Waals surface area contributed by atoms with E-state index in [4.69, 9.17) is 0 Å². The molecule has 2 rings (SSSR count). The molecule has 4 nitrogen and oxygen atoms in total. The number of carbonyl (C=O) groups is 2. The number of nitrogens with zero attached hydrogens (tertiary/aromatic N) is 2. The molecule has 1 saturated heterocycles. The molecule has 0 aromatic heterocycles. The number of hydrogen-bond donors (Lipinski definition) is 0. The third-order valence-electron chi connectivity index (χ3n) is 4.53. The first-order valence-corrected chi connectivity index (χ1v) is 8.35. The Labute approximate surface area is 139 Å². The standard InChI is InChI=1S/C19H28N2O2/c1-15-7-5-6-8-16(15)13-18(23)21-11-9-20(10-12-21)14-17(22)19(2,3)4/h5-8H,9-14H2,1-4H3. The summed E-state index contributed by atoms with van der Waals surface area (Å²) in [5.41, 5.74) is 1.97. The Morgan fingerprint density at radius 3 is 2.22 bits per heavy atom. The van der Waals surface area contributed by atoms with E-state index >= 15 is 0 Å². The van der Waals surface area contributed by atoms with Crippen LogP contribution in [0.5, 0.6) is 0 Å². The molecule has 1 heterocycles. The normalized spacial score (nSPS) is 16.4. The highest BCUT2D eigenvalue weighted by Crippen LogP contribution is 2.16. The number of aryl methyl sites for hydroxylation is 1. The number of hydrogen-bond acceptors (Lipinski definition) is 3. The molecule has 1 aliphatic rings. The number of carbonyl (C=O) groups excluding carboxylic acids is 2. The smallest absolute Gasteiger partial charge is 0.227 e. The van der Waals surface area contributed by atoms with Crippen LogP contribution in [0.3, 0.4) is 0 Å². The van der Waals surface area contributed by atoms with Crippen molar-refractivity contribution in [1.29, 1.82) is 0 Å². The van der Waals surface area contributed by atoms with Gasteiger partial charge in [-0.1, -0.05) is 45.0 Å². The second-order valence-corrected chi connectivity index (χ2v) is 7.43. The van der Waals surface area contributed by atoms with Crippen molar-refractivity contribution in [1.82, 2.24) is 9.80 Å². The van der Waals surface area contributed by atoms with E-state index in [0.717, 1.165) is 24.2 Å². The van der Waals surface area contributed by atoms with Crippen molar-refractivity contribution < 1.29 is 9.59 Å². The number of amides is 1. The van der Waals surface area contributed by atoms with Crippen LogP contribution in [-0.4, -0.2) is 54.2 Å². The summed E-state index contributed by atoms with van der Waals surface area (Å²) in [6, 6.07) is 8.03. The number of rotatable bonds is 4. The van der Waals surface area contributed by atoms with Crippen molar-refractivity contribution in [3.05, 3.63) is 35.4 Å². The summed E-state index contributed by atoms with van der Waals surface area (Å²) in [5, 5.41) is 0. The maximum atomic E-state index is 12.4. The molecule has 126 valence electrons. The summed E-state index contributed by atoms with van der Waals surface area (Å²) >= 11 is 0. The minimum atomic E-state index is -0.294. The number of piperazine rings is 1. The minimum Gasteiger partial charge on any atom is -0.340 e. The molecule has 0 unspecified atom stereocenters. The number of ketones is 1. The molecule has 4 heteroatoms. The number of benzene rings is 1. The predicted molar refractivity (Wildman–Crippen MR) is 92.4 cm³/mol. The highest BCUT2D eigenvalue weighted by atomic mass is 16.2. The average molecular weight is 316 g/mol. The maximum absolute atomic E-state index is 12.4. The van der Waals surface area contributed by atoms with Crippen molar-refractivity contribution >= 4 is 11.7 Å². The highest BCUT2D eigenvalue weighted by Gasteiger charge is 2.27. The van der Waals surface area contributed by atoms with Gasteiger partial charge >= 0.3 is 0 Å². The fourth-order valence-corrected chi connectivity index (χ4v) is 2.68. The molecule has 1 aromatic rings. The van der Waals surface area contributed by atoms with Gasteiger partial charge in [-0.2, -0.15) is 0 Å². The minimum absolute atomic E-state index is 0.182. The second kappa shape index (κ2) is 7.26. The lowest BCUT2D eigenvalue weighted by Gasteiger charge is -2.35. The topological polar surface area (TPSA) is 40.6 Å². The zero-order chi connectivity index (χ0) is 17.0. The summed E-state index contributed by atoms with van der Waals surface area (Å²) in [7, 11) is 0. The van der Waals surface area contributed by atoms with Gasteiger partial charge in [0, 0.05) is 31.6 Å².